The Kier molecular flexibility index (Phi) is 2.85. The summed E-state index contributed by atoms with van der Waals surface area (Å²) in [4.78, 5) is 2.72. The van der Waals surface area contributed by atoms with E-state index in [2.05, 4.69) is 31.0 Å². The van der Waals surface area contributed by atoms with Crippen LogP contribution in [0.4, 0.5) is 0 Å². The summed E-state index contributed by atoms with van der Waals surface area (Å²) in [7, 11) is 0. The molecule has 1 N–H and O–H groups in total. The number of nitrogens with zero attached hydrogens (tertiary/aromatic N) is 1. The van der Waals surface area contributed by atoms with Gasteiger partial charge in [-0.25, -0.2) is 0 Å². The highest BCUT2D eigenvalue weighted by molar-refractivity contribution is 4.90. The molecule has 0 amide bonds. The second kappa shape index (κ2) is 3.82. The first kappa shape index (κ1) is 10.4. The Balaban J connectivity index is 1.89. The standard InChI is InChI=1S/C12H24N2/c1-10-8-11(4-6-13-10)14-7-5-12(2,3)9-14/h10-11,13H,4-9H2,1-3H3. The number of hydrogen-bond acceptors (Lipinski definition) is 2. The maximum atomic E-state index is 3.53. The minimum atomic E-state index is 0.564. The van der Waals surface area contributed by atoms with E-state index < -0.39 is 0 Å². The number of rotatable bonds is 1. The van der Waals surface area contributed by atoms with Gasteiger partial charge in [-0.1, -0.05) is 13.8 Å². The molecule has 0 aromatic heterocycles. The molecule has 2 nitrogen and oxygen atoms in total. The van der Waals surface area contributed by atoms with Crippen molar-refractivity contribution >= 4 is 0 Å². The SMILES string of the molecule is CC1CC(N2CCC(C)(C)C2)CCN1. The molecule has 2 aliphatic heterocycles. The zero-order chi connectivity index (χ0) is 10.2. The van der Waals surface area contributed by atoms with E-state index in [9.17, 15) is 0 Å². The summed E-state index contributed by atoms with van der Waals surface area (Å²) in [5.41, 5.74) is 0.564. The molecule has 2 heteroatoms. The summed E-state index contributed by atoms with van der Waals surface area (Å²) < 4.78 is 0. The summed E-state index contributed by atoms with van der Waals surface area (Å²) in [5, 5.41) is 3.53. The largest absolute Gasteiger partial charge is 0.314 e. The smallest absolute Gasteiger partial charge is 0.0122 e. The Hall–Kier alpha value is -0.0800. The molecule has 2 aliphatic rings. The Morgan fingerprint density at radius 1 is 1.36 bits per heavy atom. The van der Waals surface area contributed by atoms with Crippen molar-refractivity contribution in [2.24, 2.45) is 5.41 Å². The lowest BCUT2D eigenvalue weighted by molar-refractivity contribution is 0.164. The monoisotopic (exact) mass is 196 g/mol. The molecular weight excluding hydrogens is 172 g/mol. The van der Waals surface area contributed by atoms with Crippen molar-refractivity contribution in [3.63, 3.8) is 0 Å². The molecule has 2 unspecified atom stereocenters. The van der Waals surface area contributed by atoms with Gasteiger partial charge in [-0.15, -0.1) is 0 Å². The van der Waals surface area contributed by atoms with Crippen molar-refractivity contribution in [2.75, 3.05) is 19.6 Å². The van der Waals surface area contributed by atoms with Gasteiger partial charge in [0.1, 0.15) is 0 Å². The molecule has 0 bridgehead atoms. The van der Waals surface area contributed by atoms with Gasteiger partial charge in [0.2, 0.25) is 0 Å². The summed E-state index contributed by atoms with van der Waals surface area (Å²) >= 11 is 0. The highest BCUT2D eigenvalue weighted by atomic mass is 15.2. The molecule has 14 heavy (non-hydrogen) atoms. The number of likely N-dealkylation sites (tertiary alicyclic amines) is 1. The van der Waals surface area contributed by atoms with Gasteiger partial charge in [0, 0.05) is 18.6 Å². The lowest BCUT2D eigenvalue weighted by Crippen LogP contribution is -2.46. The predicted octanol–water partition coefficient (Wildman–Crippen LogP) is 1.86. The first-order valence-electron chi connectivity index (χ1n) is 6.04. The van der Waals surface area contributed by atoms with E-state index in [1.165, 1.54) is 38.9 Å². The van der Waals surface area contributed by atoms with Crippen LogP contribution in [0, 0.1) is 5.41 Å². The highest BCUT2D eigenvalue weighted by Gasteiger charge is 2.34. The van der Waals surface area contributed by atoms with Gasteiger partial charge in [-0.2, -0.15) is 0 Å². The lowest BCUT2D eigenvalue weighted by atomic mass is 9.93. The average Bonchev–Trinajstić information content (AvgIpc) is 2.46. The molecule has 0 aromatic rings. The fourth-order valence-electron chi connectivity index (χ4n) is 2.90. The van der Waals surface area contributed by atoms with Gasteiger partial charge >= 0.3 is 0 Å². The second-order valence-electron chi connectivity index (χ2n) is 5.92. The topological polar surface area (TPSA) is 15.3 Å². The van der Waals surface area contributed by atoms with E-state index in [4.69, 9.17) is 0 Å². The number of nitrogens with one attached hydrogen (secondary N) is 1. The maximum absolute atomic E-state index is 3.53. The van der Waals surface area contributed by atoms with Crippen LogP contribution in [0.15, 0.2) is 0 Å². The van der Waals surface area contributed by atoms with Crippen LogP contribution in [0.5, 0.6) is 0 Å². The van der Waals surface area contributed by atoms with E-state index in [1.54, 1.807) is 0 Å². The van der Waals surface area contributed by atoms with Crippen LogP contribution in [0.3, 0.4) is 0 Å². The van der Waals surface area contributed by atoms with Crippen molar-refractivity contribution in [3.8, 4) is 0 Å². The quantitative estimate of drug-likeness (QED) is 0.688. The third-order valence-corrected chi connectivity index (χ3v) is 3.82. The van der Waals surface area contributed by atoms with Crippen LogP contribution in [0.1, 0.15) is 40.0 Å². The Morgan fingerprint density at radius 3 is 2.71 bits per heavy atom. The predicted molar refractivity (Wildman–Crippen MR) is 60.5 cm³/mol. The molecule has 2 rings (SSSR count). The van der Waals surface area contributed by atoms with E-state index in [0.717, 1.165) is 12.1 Å². The Morgan fingerprint density at radius 2 is 2.14 bits per heavy atom. The highest BCUT2D eigenvalue weighted by Crippen LogP contribution is 2.32. The second-order valence-corrected chi connectivity index (χ2v) is 5.92. The van der Waals surface area contributed by atoms with E-state index in [0.29, 0.717) is 5.41 Å². The summed E-state index contributed by atoms with van der Waals surface area (Å²) in [6, 6.07) is 1.57. The molecule has 82 valence electrons. The van der Waals surface area contributed by atoms with E-state index >= 15 is 0 Å². The molecule has 0 radical (unpaired) electrons. The zero-order valence-electron chi connectivity index (χ0n) is 9.84. The van der Waals surface area contributed by atoms with Crippen molar-refractivity contribution in [1.82, 2.24) is 10.2 Å². The van der Waals surface area contributed by atoms with Crippen molar-refractivity contribution in [1.29, 1.82) is 0 Å². The van der Waals surface area contributed by atoms with Gasteiger partial charge in [0.15, 0.2) is 0 Å². The van der Waals surface area contributed by atoms with E-state index in [1.807, 2.05) is 0 Å². The third kappa shape index (κ3) is 2.29. The van der Waals surface area contributed by atoms with Crippen LogP contribution in [0.2, 0.25) is 0 Å². The van der Waals surface area contributed by atoms with Crippen LogP contribution >= 0.6 is 0 Å². The maximum Gasteiger partial charge on any atom is 0.0122 e. The third-order valence-electron chi connectivity index (χ3n) is 3.82. The van der Waals surface area contributed by atoms with Crippen LogP contribution in [-0.4, -0.2) is 36.6 Å². The molecule has 0 saturated carbocycles. The fourth-order valence-corrected chi connectivity index (χ4v) is 2.90. The first-order valence-corrected chi connectivity index (χ1v) is 6.04. The van der Waals surface area contributed by atoms with Gasteiger partial charge < -0.3 is 5.32 Å². The van der Waals surface area contributed by atoms with Gasteiger partial charge in [0.05, 0.1) is 0 Å². The molecular formula is C12H24N2. The molecule has 2 heterocycles. The van der Waals surface area contributed by atoms with Crippen LogP contribution in [0.25, 0.3) is 0 Å². The van der Waals surface area contributed by atoms with Crippen LogP contribution in [-0.2, 0) is 0 Å². The minimum absolute atomic E-state index is 0.564. The summed E-state index contributed by atoms with van der Waals surface area (Å²) in [5.74, 6) is 0. The molecule has 2 atom stereocenters. The molecule has 2 saturated heterocycles. The summed E-state index contributed by atoms with van der Waals surface area (Å²) in [6.45, 7) is 11.0. The Labute approximate surface area is 88.1 Å². The molecule has 0 spiro atoms. The van der Waals surface area contributed by atoms with Gasteiger partial charge in [-0.3, -0.25) is 4.90 Å². The minimum Gasteiger partial charge on any atom is -0.314 e. The van der Waals surface area contributed by atoms with Crippen molar-refractivity contribution < 1.29 is 0 Å². The van der Waals surface area contributed by atoms with Gasteiger partial charge in [-0.05, 0) is 44.7 Å². The molecule has 0 aromatic carbocycles. The van der Waals surface area contributed by atoms with Gasteiger partial charge in [0.25, 0.3) is 0 Å². The number of hydrogen-bond donors (Lipinski definition) is 1. The Bertz CT molecular complexity index is 200. The van der Waals surface area contributed by atoms with Crippen LogP contribution < -0.4 is 5.32 Å². The average molecular weight is 196 g/mol. The molecule has 0 aliphatic carbocycles. The lowest BCUT2D eigenvalue weighted by Gasteiger charge is -2.35. The fraction of sp³-hybridized carbons (Fsp3) is 1.00. The normalized spacial score (nSPS) is 38.8. The first-order chi connectivity index (χ1) is 6.57. The zero-order valence-corrected chi connectivity index (χ0v) is 9.84. The van der Waals surface area contributed by atoms with Crippen molar-refractivity contribution in [2.45, 2.75) is 52.1 Å². The van der Waals surface area contributed by atoms with E-state index in [-0.39, 0.29) is 0 Å². The number of piperidine rings is 1. The van der Waals surface area contributed by atoms with Crippen molar-refractivity contribution in [3.05, 3.63) is 0 Å². The molecule has 2 fully saturated rings. The summed E-state index contributed by atoms with van der Waals surface area (Å²) in [6.07, 6.45) is 4.07.